The van der Waals surface area contributed by atoms with Gasteiger partial charge < -0.3 is 4.74 Å². The van der Waals surface area contributed by atoms with E-state index in [1.165, 1.54) is 51.8 Å². The van der Waals surface area contributed by atoms with Crippen LogP contribution >= 0.6 is 0 Å². The van der Waals surface area contributed by atoms with E-state index in [1.54, 1.807) is 14.2 Å². The number of aliphatic hydroxyl groups is 1. The molecule has 1 aromatic carbocycles. The van der Waals surface area contributed by atoms with Crippen molar-refractivity contribution in [3.8, 4) is 5.75 Å². The Balaban J connectivity index is 2.30. The summed E-state index contributed by atoms with van der Waals surface area (Å²) in [6.45, 7) is 19.0. The van der Waals surface area contributed by atoms with Gasteiger partial charge in [-0.15, -0.1) is 0 Å². The van der Waals surface area contributed by atoms with Gasteiger partial charge in [0.25, 0.3) is 0 Å². The van der Waals surface area contributed by atoms with Crippen molar-refractivity contribution >= 4 is 26.7 Å². The second-order valence-electron chi connectivity index (χ2n) is 14.5. The minimum atomic E-state index is -2.49. The van der Waals surface area contributed by atoms with E-state index in [0.717, 1.165) is 17.7 Å². The number of rotatable bonds is 20. The van der Waals surface area contributed by atoms with E-state index in [4.69, 9.17) is 23.4 Å². The summed E-state index contributed by atoms with van der Waals surface area (Å²) in [5.41, 5.74) is 1.03. The second-order valence-corrected chi connectivity index (χ2v) is 32.2. The third kappa shape index (κ3) is 12.3. The zero-order valence-corrected chi connectivity index (χ0v) is 33.7. The first-order valence-corrected chi connectivity index (χ1v) is 27.9. The third-order valence-corrected chi connectivity index (χ3v) is 28.5. The monoisotopic (exact) mass is 742 g/mol. The van der Waals surface area contributed by atoms with Crippen molar-refractivity contribution in [1.29, 1.82) is 0 Å². The van der Waals surface area contributed by atoms with Crippen LogP contribution in [0.2, 0.25) is 31.4 Å². The fraction of sp³-hybridized carbons (Fsp3) is 0.778. The first kappa shape index (κ1) is 39.8. The number of hydrogen-bond acceptors (Lipinski definition) is 6. The summed E-state index contributed by atoms with van der Waals surface area (Å²) in [6.07, 6.45) is 9.29. The van der Waals surface area contributed by atoms with Crippen LogP contribution in [-0.2, 0) is 25.2 Å². The molecule has 0 radical (unpaired) electrons. The molecule has 1 aliphatic rings. The fourth-order valence-corrected chi connectivity index (χ4v) is 21.7. The number of benzene rings is 1. The van der Waals surface area contributed by atoms with Gasteiger partial charge in [-0.1, -0.05) is 0 Å². The summed E-state index contributed by atoms with van der Waals surface area (Å²) in [6, 6.07) is 7.82. The molecular weight excluding hydrogens is 675 g/mol. The van der Waals surface area contributed by atoms with Gasteiger partial charge in [-0.25, -0.2) is 0 Å². The maximum absolute atomic E-state index is 11.6. The van der Waals surface area contributed by atoms with Crippen LogP contribution in [-0.4, -0.2) is 77.2 Å². The predicted octanol–water partition coefficient (Wildman–Crippen LogP) is 9.29. The maximum atomic E-state index is 11.6. The molecule has 8 heteroatoms. The van der Waals surface area contributed by atoms with Gasteiger partial charge in [0.05, 0.1) is 7.11 Å². The summed E-state index contributed by atoms with van der Waals surface area (Å²) in [4.78, 5) is 0. The molecule has 1 N–H and O–H groups in total. The SMILES string of the molecule is CCC[CH2][Sn](/[CH]=C/[C@@H]1C[C@@H](O[Si](C)(C)C(C)(C)C)[C@H]([C@H](O)COCc2ccc(OC)cc2)[C@@H](OC)O1)([CH2]CCC)[CH2]CCC. The van der Waals surface area contributed by atoms with Crippen molar-refractivity contribution in [3.05, 3.63) is 40.0 Å². The number of methoxy groups -OCH3 is 2. The van der Waals surface area contributed by atoms with Crippen molar-refractivity contribution < 1.29 is 28.5 Å². The van der Waals surface area contributed by atoms with Crippen molar-refractivity contribution in [2.45, 2.75) is 149 Å². The topological polar surface area (TPSA) is 66.4 Å². The Hall–Kier alpha value is -0.424. The van der Waals surface area contributed by atoms with E-state index in [0.29, 0.717) is 6.61 Å². The van der Waals surface area contributed by atoms with E-state index < -0.39 is 39.1 Å². The standard InChI is InChI=1S/C24H39O6Si.3C4H9.Sn/c1-9-18-14-21(30-31(7,8)24(2,3)4)22(23(27-6)29-18)20(25)16-28-15-17-10-12-19(26-5)13-11-17;3*1-3-4-2;/h1,9-13,18,20-23,25H,14-16H2,2-8H3;3*1,3-4H2,2H3;/t18-,20-,21-,22+,23+;;;;/m1..../s1. The number of hydrogen-bond donors (Lipinski definition) is 1. The van der Waals surface area contributed by atoms with Crippen LogP contribution in [0.15, 0.2) is 34.4 Å². The summed E-state index contributed by atoms with van der Waals surface area (Å²) < 4.78 is 38.0. The third-order valence-electron chi connectivity index (χ3n) is 9.91. The molecule has 0 spiro atoms. The summed E-state index contributed by atoms with van der Waals surface area (Å²) in [5.74, 6) is 0.468. The van der Waals surface area contributed by atoms with Crippen LogP contribution in [0.3, 0.4) is 0 Å². The Morgan fingerprint density at radius 3 is 2.02 bits per heavy atom. The van der Waals surface area contributed by atoms with E-state index in [9.17, 15) is 5.11 Å². The molecule has 254 valence electrons. The fourth-order valence-electron chi connectivity index (χ4n) is 5.98. The molecule has 5 atom stereocenters. The van der Waals surface area contributed by atoms with Crippen LogP contribution in [0.1, 0.15) is 92.1 Å². The van der Waals surface area contributed by atoms with E-state index in [-0.39, 0.29) is 29.8 Å². The van der Waals surface area contributed by atoms with Crippen LogP contribution in [0.5, 0.6) is 5.75 Å². The van der Waals surface area contributed by atoms with Crippen molar-refractivity contribution in [3.63, 3.8) is 0 Å². The Kier molecular flexibility index (Phi) is 17.5. The Morgan fingerprint density at radius 1 is 0.977 bits per heavy atom. The van der Waals surface area contributed by atoms with E-state index in [2.05, 4.69) is 64.8 Å². The van der Waals surface area contributed by atoms with Gasteiger partial charge in [-0.3, -0.25) is 0 Å². The summed E-state index contributed by atoms with van der Waals surface area (Å²) in [7, 11) is 1.20. The Bertz CT molecular complexity index is 925. The Morgan fingerprint density at radius 2 is 1.55 bits per heavy atom. The average molecular weight is 742 g/mol. The molecule has 1 aromatic rings. The van der Waals surface area contributed by atoms with Crippen LogP contribution < -0.4 is 4.74 Å². The van der Waals surface area contributed by atoms with E-state index >= 15 is 0 Å². The summed E-state index contributed by atoms with van der Waals surface area (Å²) in [5, 5.41) is 11.6. The van der Waals surface area contributed by atoms with Crippen LogP contribution in [0, 0.1) is 5.92 Å². The van der Waals surface area contributed by atoms with Crippen LogP contribution in [0.25, 0.3) is 0 Å². The molecule has 44 heavy (non-hydrogen) atoms. The van der Waals surface area contributed by atoms with Crippen molar-refractivity contribution in [2.75, 3.05) is 20.8 Å². The van der Waals surface area contributed by atoms with Gasteiger partial charge >= 0.3 is 247 Å². The van der Waals surface area contributed by atoms with Gasteiger partial charge in [-0.2, -0.15) is 0 Å². The van der Waals surface area contributed by atoms with Crippen molar-refractivity contribution in [2.24, 2.45) is 5.92 Å². The van der Waals surface area contributed by atoms with Gasteiger partial charge in [0, 0.05) is 0 Å². The molecular formula is C36H66O6SiSn. The molecule has 0 saturated carbocycles. The molecule has 1 heterocycles. The minimum absolute atomic E-state index is 0.0473. The van der Waals surface area contributed by atoms with Crippen LogP contribution in [0.4, 0.5) is 0 Å². The molecule has 1 fully saturated rings. The molecule has 1 aliphatic heterocycles. The predicted molar refractivity (Wildman–Crippen MR) is 189 cm³/mol. The molecule has 0 aromatic heterocycles. The number of aliphatic hydroxyl groups excluding tert-OH is 1. The molecule has 2 rings (SSSR count). The molecule has 0 bridgehead atoms. The van der Waals surface area contributed by atoms with Crippen molar-refractivity contribution in [1.82, 2.24) is 0 Å². The molecule has 6 nitrogen and oxygen atoms in total. The Labute approximate surface area is 275 Å². The van der Waals surface area contributed by atoms with Gasteiger partial charge in [0.1, 0.15) is 5.75 Å². The van der Waals surface area contributed by atoms with Gasteiger partial charge in [0.2, 0.25) is 0 Å². The normalized spacial score (nSPS) is 22.4. The quantitative estimate of drug-likeness (QED) is 0.135. The molecule has 1 saturated heterocycles. The molecule has 0 aliphatic carbocycles. The van der Waals surface area contributed by atoms with Gasteiger partial charge in [-0.05, 0) is 12.1 Å². The second kappa shape index (κ2) is 19.4. The van der Waals surface area contributed by atoms with Gasteiger partial charge in [0.15, 0.2) is 0 Å². The first-order chi connectivity index (χ1) is 20.8. The molecule has 0 amide bonds. The summed E-state index contributed by atoms with van der Waals surface area (Å²) >= 11 is -2.49. The zero-order chi connectivity index (χ0) is 32.8. The zero-order valence-electron chi connectivity index (χ0n) is 29.8. The van der Waals surface area contributed by atoms with E-state index in [1.807, 2.05) is 24.3 Å². The average Bonchev–Trinajstić information content (AvgIpc) is 2.99. The first-order valence-electron chi connectivity index (χ1n) is 17.3. The number of ether oxygens (including phenoxy) is 4. The molecule has 0 unspecified atom stereocenters. The number of unbranched alkanes of at least 4 members (excludes halogenated alkanes) is 3.